The number of aromatic nitrogens is 1. The fraction of sp³-hybridized carbons (Fsp3) is 0.0769. The summed E-state index contributed by atoms with van der Waals surface area (Å²) in [6.45, 7) is 0. The van der Waals surface area contributed by atoms with Gasteiger partial charge in [0.2, 0.25) is 0 Å². The van der Waals surface area contributed by atoms with Crippen molar-refractivity contribution in [1.29, 1.82) is 5.26 Å². The van der Waals surface area contributed by atoms with Gasteiger partial charge in [0.05, 0.1) is 18.7 Å². The summed E-state index contributed by atoms with van der Waals surface area (Å²) in [5, 5.41) is 8.80. The molecule has 0 aliphatic rings. The van der Waals surface area contributed by atoms with Crippen LogP contribution < -0.4 is 20.7 Å². The van der Waals surface area contributed by atoms with Gasteiger partial charge >= 0.3 is 0 Å². The summed E-state index contributed by atoms with van der Waals surface area (Å²) in [5.41, 5.74) is 2.33. The van der Waals surface area contributed by atoms with Crippen LogP contribution in [0, 0.1) is 23.0 Å². The van der Waals surface area contributed by atoms with E-state index in [1.165, 1.54) is 25.3 Å². The summed E-state index contributed by atoms with van der Waals surface area (Å²) in [6.07, 6.45) is 0. The number of benzene rings is 1. The van der Waals surface area contributed by atoms with Crippen LogP contribution in [0.5, 0.6) is 17.4 Å². The van der Waals surface area contributed by atoms with Crippen molar-refractivity contribution >= 4 is 5.82 Å². The maximum Gasteiger partial charge on any atom is 0.258 e. The van der Waals surface area contributed by atoms with Gasteiger partial charge in [-0.2, -0.15) is 10.2 Å². The van der Waals surface area contributed by atoms with E-state index in [4.69, 9.17) is 20.6 Å². The van der Waals surface area contributed by atoms with Gasteiger partial charge in [0.15, 0.2) is 29.0 Å². The van der Waals surface area contributed by atoms with Crippen LogP contribution in [0.25, 0.3) is 0 Å². The average molecular weight is 292 g/mol. The molecule has 0 amide bonds. The number of nitrogens with two attached hydrogens (primary N) is 1. The number of pyridine rings is 1. The molecule has 2 aromatic rings. The third-order valence-corrected chi connectivity index (χ3v) is 2.53. The first-order chi connectivity index (χ1) is 10.1. The maximum absolute atomic E-state index is 13.6. The Hall–Kier alpha value is -2.92. The van der Waals surface area contributed by atoms with Crippen molar-refractivity contribution in [3.05, 3.63) is 41.5 Å². The Bertz CT molecular complexity index is 716. The van der Waals surface area contributed by atoms with Crippen LogP contribution in [0.15, 0.2) is 24.3 Å². The van der Waals surface area contributed by atoms with Crippen molar-refractivity contribution in [3.8, 4) is 23.4 Å². The zero-order valence-corrected chi connectivity index (χ0v) is 10.9. The summed E-state index contributed by atoms with van der Waals surface area (Å²) in [6, 6.07) is 6.81. The third kappa shape index (κ3) is 2.98. The van der Waals surface area contributed by atoms with Crippen molar-refractivity contribution in [2.45, 2.75) is 0 Å². The lowest BCUT2D eigenvalue weighted by Crippen LogP contribution is -2.11. The van der Waals surface area contributed by atoms with Gasteiger partial charge in [-0.3, -0.25) is 0 Å². The molecule has 108 valence electrons. The molecule has 0 bridgehead atoms. The number of hydrogen-bond acceptors (Lipinski definition) is 6. The Kier molecular flexibility index (Phi) is 4.15. The average Bonchev–Trinajstić information content (AvgIpc) is 2.50. The molecule has 0 radical (unpaired) electrons. The first-order valence-corrected chi connectivity index (χ1v) is 5.67. The minimum absolute atomic E-state index is 0.123. The molecule has 0 atom stereocenters. The van der Waals surface area contributed by atoms with Crippen molar-refractivity contribution < 1.29 is 18.3 Å². The normalized spacial score (nSPS) is 9.86. The summed E-state index contributed by atoms with van der Waals surface area (Å²) < 4.78 is 37.2. The summed E-state index contributed by atoms with van der Waals surface area (Å²) in [7, 11) is 1.37. The number of methoxy groups -OCH3 is 1. The molecule has 0 saturated heterocycles. The highest BCUT2D eigenvalue weighted by atomic mass is 19.1. The number of rotatable bonds is 4. The first kappa shape index (κ1) is 14.5. The van der Waals surface area contributed by atoms with Gasteiger partial charge in [0.1, 0.15) is 0 Å². The van der Waals surface area contributed by atoms with Crippen molar-refractivity contribution in [2.75, 3.05) is 12.5 Å². The molecule has 0 saturated carbocycles. The molecule has 21 heavy (non-hydrogen) atoms. The van der Waals surface area contributed by atoms with Crippen molar-refractivity contribution in [1.82, 2.24) is 4.98 Å². The number of hydrogen-bond donors (Lipinski definition) is 2. The summed E-state index contributed by atoms with van der Waals surface area (Å²) >= 11 is 0. The highest BCUT2D eigenvalue weighted by Crippen LogP contribution is 2.33. The highest BCUT2D eigenvalue weighted by molar-refractivity contribution is 5.48. The molecule has 3 N–H and O–H groups in total. The lowest BCUT2D eigenvalue weighted by molar-refractivity contribution is 0.362. The lowest BCUT2D eigenvalue weighted by atomic mass is 10.2. The predicted octanol–water partition coefficient (Wildman–Crippen LogP) is 2.32. The summed E-state index contributed by atoms with van der Waals surface area (Å²) in [5.74, 6) is 2.61. The van der Waals surface area contributed by atoms with E-state index in [2.05, 4.69) is 4.98 Å². The highest BCUT2D eigenvalue weighted by Gasteiger charge is 2.15. The second-order valence-electron chi connectivity index (χ2n) is 3.83. The Morgan fingerprint density at radius 1 is 1.24 bits per heavy atom. The van der Waals surface area contributed by atoms with Crippen LogP contribution in [0.3, 0.4) is 0 Å². The van der Waals surface area contributed by atoms with Gasteiger partial charge in [0, 0.05) is 12.1 Å². The third-order valence-electron chi connectivity index (χ3n) is 2.53. The second kappa shape index (κ2) is 6.02. The summed E-state index contributed by atoms with van der Waals surface area (Å²) in [4.78, 5) is 3.57. The van der Waals surface area contributed by atoms with Gasteiger partial charge < -0.3 is 14.9 Å². The molecule has 1 aromatic heterocycles. The molecule has 0 aliphatic heterocycles. The lowest BCUT2D eigenvalue weighted by Gasteiger charge is -2.11. The van der Waals surface area contributed by atoms with Crippen LogP contribution >= 0.6 is 0 Å². The van der Waals surface area contributed by atoms with E-state index in [1.54, 1.807) is 0 Å². The Labute approximate surface area is 118 Å². The molecule has 6 nitrogen and oxygen atoms in total. The minimum atomic E-state index is -1.00. The Balaban J connectivity index is 2.41. The Morgan fingerprint density at radius 3 is 2.62 bits per heavy atom. The molecule has 1 aromatic carbocycles. The number of hydrazine groups is 1. The number of nitrogen functional groups attached to an aromatic ring is 1. The number of halogens is 2. The van der Waals surface area contributed by atoms with Gasteiger partial charge in [-0.15, -0.1) is 0 Å². The van der Waals surface area contributed by atoms with Gasteiger partial charge in [-0.1, -0.05) is 0 Å². The topological polar surface area (TPSA) is 93.2 Å². The minimum Gasteiger partial charge on any atom is -0.493 e. The Morgan fingerprint density at radius 2 is 2.00 bits per heavy atom. The SMILES string of the molecule is COc1cc(C#N)ccc1Oc1nc(NN)c(F)cc1F. The fourth-order valence-corrected chi connectivity index (χ4v) is 1.55. The van der Waals surface area contributed by atoms with Crippen LogP contribution in [-0.2, 0) is 0 Å². The van der Waals surface area contributed by atoms with Crippen molar-refractivity contribution in [2.24, 2.45) is 5.84 Å². The van der Waals surface area contributed by atoms with E-state index < -0.39 is 17.5 Å². The monoisotopic (exact) mass is 292 g/mol. The number of nitrogens with zero attached hydrogens (tertiary/aromatic N) is 2. The molecule has 8 heteroatoms. The van der Waals surface area contributed by atoms with E-state index in [-0.39, 0.29) is 17.3 Å². The molecule has 0 aliphatic carbocycles. The molecular formula is C13H10F2N4O2. The van der Waals surface area contributed by atoms with E-state index in [0.717, 1.165) is 0 Å². The predicted molar refractivity (Wildman–Crippen MR) is 69.7 cm³/mol. The quantitative estimate of drug-likeness (QED) is 0.663. The molecular weight excluding hydrogens is 282 g/mol. The second-order valence-corrected chi connectivity index (χ2v) is 3.83. The van der Waals surface area contributed by atoms with Crippen LogP contribution in [0.1, 0.15) is 5.56 Å². The van der Waals surface area contributed by atoms with Gasteiger partial charge in [0.25, 0.3) is 5.88 Å². The molecule has 1 heterocycles. The number of anilines is 1. The fourth-order valence-electron chi connectivity index (χ4n) is 1.55. The smallest absolute Gasteiger partial charge is 0.258 e. The van der Waals surface area contributed by atoms with Gasteiger partial charge in [-0.25, -0.2) is 14.6 Å². The standard InChI is InChI=1S/C13H10F2N4O2/c1-20-11-4-7(6-16)2-3-10(11)21-13-9(15)5-8(14)12(18-13)19-17/h2-5H,17H2,1H3,(H,18,19). The molecule has 2 rings (SSSR count). The van der Waals surface area contributed by atoms with E-state index in [9.17, 15) is 8.78 Å². The molecule has 0 spiro atoms. The number of nitrogens with one attached hydrogen (secondary N) is 1. The molecule has 0 unspecified atom stereocenters. The van der Waals surface area contributed by atoms with Crippen LogP contribution in [0.4, 0.5) is 14.6 Å². The van der Waals surface area contributed by atoms with Crippen LogP contribution in [0.2, 0.25) is 0 Å². The van der Waals surface area contributed by atoms with Gasteiger partial charge in [-0.05, 0) is 12.1 Å². The number of nitriles is 1. The first-order valence-electron chi connectivity index (χ1n) is 5.67. The number of ether oxygens (including phenoxy) is 2. The zero-order valence-electron chi connectivity index (χ0n) is 10.9. The van der Waals surface area contributed by atoms with Crippen molar-refractivity contribution in [3.63, 3.8) is 0 Å². The largest absolute Gasteiger partial charge is 0.493 e. The van der Waals surface area contributed by atoms with Crippen LogP contribution in [-0.4, -0.2) is 12.1 Å². The molecule has 0 fully saturated rings. The van der Waals surface area contributed by atoms with E-state index in [1.807, 2.05) is 11.5 Å². The zero-order chi connectivity index (χ0) is 15.4. The van der Waals surface area contributed by atoms with E-state index in [0.29, 0.717) is 11.6 Å². The maximum atomic E-state index is 13.6. The van der Waals surface area contributed by atoms with E-state index >= 15 is 0 Å².